The maximum absolute atomic E-state index is 12.1. The highest BCUT2D eigenvalue weighted by molar-refractivity contribution is 7.89. The lowest BCUT2D eigenvalue weighted by atomic mass is 10.2. The van der Waals surface area contributed by atoms with Gasteiger partial charge in [0.2, 0.25) is 10.0 Å². The zero-order chi connectivity index (χ0) is 14.5. The quantitative estimate of drug-likeness (QED) is 0.689. The summed E-state index contributed by atoms with van der Waals surface area (Å²) in [5.74, 6) is -1.18. The third-order valence-corrected chi connectivity index (χ3v) is 4.20. The van der Waals surface area contributed by atoms with Gasteiger partial charge in [-0.2, -0.15) is 0 Å². The van der Waals surface area contributed by atoms with Gasteiger partial charge in [-0.3, -0.25) is 0 Å². The number of benzene rings is 1. The molecule has 0 amide bonds. The van der Waals surface area contributed by atoms with Gasteiger partial charge in [0.05, 0.1) is 10.5 Å². The first kappa shape index (κ1) is 15.6. The van der Waals surface area contributed by atoms with Gasteiger partial charge >= 0.3 is 5.97 Å². The predicted molar refractivity (Wildman–Crippen MR) is 69.5 cm³/mol. The van der Waals surface area contributed by atoms with Gasteiger partial charge in [0.25, 0.3) is 0 Å². The molecular weight excluding hydrogens is 270 g/mol. The van der Waals surface area contributed by atoms with E-state index < -0.39 is 16.0 Å². The van der Waals surface area contributed by atoms with Crippen LogP contribution in [0, 0.1) is 0 Å². The third-order valence-electron chi connectivity index (χ3n) is 2.68. The summed E-state index contributed by atoms with van der Waals surface area (Å²) in [5, 5.41) is 17.7. The zero-order valence-electron chi connectivity index (χ0n) is 10.5. The van der Waals surface area contributed by atoms with Crippen molar-refractivity contribution in [3.8, 4) is 0 Å². The number of hydrogen-bond acceptors (Lipinski definition) is 4. The second-order valence-electron chi connectivity index (χ2n) is 4.07. The number of aliphatic hydroxyl groups is 1. The van der Waals surface area contributed by atoms with Crippen LogP contribution in [-0.2, 0) is 10.0 Å². The zero-order valence-corrected chi connectivity index (χ0v) is 11.4. The number of sulfonamides is 1. The molecule has 1 aromatic rings. The van der Waals surface area contributed by atoms with Gasteiger partial charge in [-0.05, 0) is 31.0 Å². The Kier molecular flexibility index (Phi) is 5.46. The molecule has 0 aliphatic rings. The number of hydrogen-bond donors (Lipinski definition) is 3. The molecule has 1 unspecified atom stereocenters. The molecule has 0 spiro atoms. The van der Waals surface area contributed by atoms with Crippen LogP contribution in [0.3, 0.4) is 0 Å². The summed E-state index contributed by atoms with van der Waals surface area (Å²) >= 11 is 0. The van der Waals surface area contributed by atoms with Gasteiger partial charge in [-0.1, -0.05) is 13.0 Å². The highest BCUT2D eigenvalue weighted by Crippen LogP contribution is 2.13. The van der Waals surface area contributed by atoms with E-state index >= 15 is 0 Å². The predicted octanol–water partition coefficient (Wildman–Crippen LogP) is 0.824. The molecule has 3 N–H and O–H groups in total. The lowest BCUT2D eigenvalue weighted by Gasteiger charge is -2.16. The fourth-order valence-electron chi connectivity index (χ4n) is 1.59. The molecule has 19 heavy (non-hydrogen) atoms. The summed E-state index contributed by atoms with van der Waals surface area (Å²) in [6.07, 6.45) is 0.854. The first-order valence-electron chi connectivity index (χ1n) is 5.87. The fourth-order valence-corrected chi connectivity index (χ4v) is 2.99. The van der Waals surface area contributed by atoms with Gasteiger partial charge in [0.1, 0.15) is 0 Å². The van der Waals surface area contributed by atoms with Crippen LogP contribution >= 0.6 is 0 Å². The molecule has 1 atom stereocenters. The summed E-state index contributed by atoms with van der Waals surface area (Å²) in [6, 6.07) is 4.78. The monoisotopic (exact) mass is 287 g/mol. The number of aromatic carboxylic acids is 1. The lowest BCUT2D eigenvalue weighted by molar-refractivity contribution is 0.0696. The average Bonchev–Trinajstić information content (AvgIpc) is 2.38. The van der Waals surface area contributed by atoms with Crippen molar-refractivity contribution in [1.29, 1.82) is 0 Å². The number of carboxylic acids is 1. The molecule has 0 radical (unpaired) electrons. The molecule has 106 valence electrons. The molecule has 0 saturated carbocycles. The molecule has 0 heterocycles. The SMILES string of the molecule is CCC(CCO)NS(=O)(=O)c1cccc(C(=O)O)c1. The summed E-state index contributed by atoms with van der Waals surface area (Å²) in [5.41, 5.74) is -0.0851. The summed E-state index contributed by atoms with van der Waals surface area (Å²) in [4.78, 5) is 10.7. The van der Waals surface area contributed by atoms with Crippen LogP contribution in [0.15, 0.2) is 29.2 Å². The number of nitrogens with one attached hydrogen (secondary N) is 1. The number of rotatable bonds is 7. The molecule has 7 heteroatoms. The fraction of sp³-hybridized carbons (Fsp3) is 0.417. The molecule has 0 saturated heterocycles. The van der Waals surface area contributed by atoms with E-state index in [1.165, 1.54) is 18.2 Å². The van der Waals surface area contributed by atoms with Gasteiger partial charge in [0, 0.05) is 12.6 Å². The van der Waals surface area contributed by atoms with Gasteiger partial charge < -0.3 is 10.2 Å². The van der Waals surface area contributed by atoms with Crippen LogP contribution in [0.25, 0.3) is 0 Å². The van der Waals surface area contributed by atoms with E-state index in [-0.39, 0.29) is 23.1 Å². The minimum absolute atomic E-state index is 0.0851. The Morgan fingerprint density at radius 2 is 2.11 bits per heavy atom. The van der Waals surface area contributed by atoms with Crippen LogP contribution in [0.1, 0.15) is 30.1 Å². The Bertz CT molecular complexity index is 541. The minimum atomic E-state index is -3.77. The maximum Gasteiger partial charge on any atom is 0.335 e. The third kappa shape index (κ3) is 4.30. The largest absolute Gasteiger partial charge is 0.478 e. The average molecular weight is 287 g/mol. The van der Waals surface area contributed by atoms with Crippen LogP contribution in [0.2, 0.25) is 0 Å². The topological polar surface area (TPSA) is 104 Å². The van der Waals surface area contributed by atoms with Crippen LogP contribution in [0.4, 0.5) is 0 Å². The number of aliphatic hydroxyl groups excluding tert-OH is 1. The van der Waals surface area contributed by atoms with Gasteiger partial charge in [-0.25, -0.2) is 17.9 Å². The van der Waals surface area contributed by atoms with E-state index in [1.54, 1.807) is 6.92 Å². The molecular formula is C12H17NO5S. The van der Waals surface area contributed by atoms with Crippen molar-refractivity contribution >= 4 is 16.0 Å². The second kappa shape index (κ2) is 6.65. The Morgan fingerprint density at radius 1 is 1.42 bits per heavy atom. The molecule has 0 aliphatic heterocycles. The van der Waals surface area contributed by atoms with Crippen LogP contribution < -0.4 is 4.72 Å². The van der Waals surface area contributed by atoms with E-state index in [0.717, 1.165) is 6.07 Å². The van der Waals surface area contributed by atoms with Crippen molar-refractivity contribution in [2.24, 2.45) is 0 Å². The highest BCUT2D eigenvalue weighted by Gasteiger charge is 2.19. The van der Waals surface area contributed by atoms with Crippen molar-refractivity contribution in [1.82, 2.24) is 4.72 Å². The van der Waals surface area contributed by atoms with E-state index in [0.29, 0.717) is 12.8 Å². The van der Waals surface area contributed by atoms with Crippen molar-refractivity contribution in [2.45, 2.75) is 30.7 Å². The number of carboxylic acid groups (broad SMARTS) is 1. The summed E-state index contributed by atoms with van der Waals surface area (Å²) in [6.45, 7) is 1.69. The van der Waals surface area contributed by atoms with Crippen molar-refractivity contribution in [2.75, 3.05) is 6.61 Å². The number of carbonyl (C=O) groups is 1. The van der Waals surface area contributed by atoms with Crippen LogP contribution in [-0.4, -0.2) is 37.2 Å². The molecule has 1 rings (SSSR count). The normalized spacial score (nSPS) is 13.2. The first-order valence-corrected chi connectivity index (χ1v) is 7.35. The van der Waals surface area contributed by atoms with E-state index in [1.807, 2.05) is 0 Å². The van der Waals surface area contributed by atoms with Crippen molar-refractivity contribution in [3.63, 3.8) is 0 Å². The standard InChI is InChI=1S/C12H17NO5S/c1-2-10(6-7-14)13-19(17,18)11-5-3-4-9(8-11)12(15)16/h3-5,8,10,13-14H,2,6-7H2,1H3,(H,15,16). The Hall–Kier alpha value is -1.44. The molecule has 1 aromatic carbocycles. The highest BCUT2D eigenvalue weighted by atomic mass is 32.2. The Balaban J connectivity index is 2.99. The Labute approximate surface area is 112 Å². The maximum atomic E-state index is 12.1. The van der Waals surface area contributed by atoms with Crippen LogP contribution in [0.5, 0.6) is 0 Å². The first-order chi connectivity index (χ1) is 8.90. The smallest absolute Gasteiger partial charge is 0.335 e. The van der Waals surface area contributed by atoms with E-state index in [2.05, 4.69) is 4.72 Å². The van der Waals surface area contributed by atoms with E-state index in [4.69, 9.17) is 10.2 Å². The molecule has 0 aromatic heterocycles. The summed E-state index contributed by atoms with van der Waals surface area (Å²) in [7, 11) is -3.77. The lowest BCUT2D eigenvalue weighted by Crippen LogP contribution is -2.35. The van der Waals surface area contributed by atoms with Gasteiger partial charge in [0.15, 0.2) is 0 Å². The molecule has 0 fully saturated rings. The van der Waals surface area contributed by atoms with Gasteiger partial charge in [-0.15, -0.1) is 0 Å². The molecule has 0 aliphatic carbocycles. The summed E-state index contributed by atoms with van der Waals surface area (Å²) < 4.78 is 26.6. The van der Waals surface area contributed by atoms with E-state index in [9.17, 15) is 13.2 Å². The van der Waals surface area contributed by atoms with Crippen molar-refractivity contribution in [3.05, 3.63) is 29.8 Å². The molecule has 0 bridgehead atoms. The van der Waals surface area contributed by atoms with Crippen molar-refractivity contribution < 1.29 is 23.4 Å². The minimum Gasteiger partial charge on any atom is -0.478 e. The molecule has 6 nitrogen and oxygen atoms in total. The second-order valence-corrected chi connectivity index (χ2v) is 5.79. The Morgan fingerprint density at radius 3 is 2.63 bits per heavy atom.